The standard InChI is InChI=1S/C13H12ClFN4O/c14-7-3-4-9(8(15)5-7)17-13(20)12-10(16)11(18-19-12)6-1-2-6/h3-6H,1-2,16H2,(H,17,20)(H,18,19). The first-order valence-electron chi connectivity index (χ1n) is 6.16. The van der Waals surface area contributed by atoms with Crippen LogP contribution in [0.4, 0.5) is 15.8 Å². The van der Waals surface area contributed by atoms with Crippen LogP contribution in [-0.4, -0.2) is 16.1 Å². The molecule has 4 N–H and O–H groups in total. The van der Waals surface area contributed by atoms with Gasteiger partial charge in [0.05, 0.1) is 17.1 Å². The number of benzene rings is 1. The van der Waals surface area contributed by atoms with Gasteiger partial charge in [-0.25, -0.2) is 4.39 Å². The molecular weight excluding hydrogens is 283 g/mol. The SMILES string of the molecule is Nc1c(C(=O)Nc2ccc(Cl)cc2F)n[nH]c1C1CC1. The van der Waals surface area contributed by atoms with Crippen molar-refractivity contribution >= 4 is 28.9 Å². The summed E-state index contributed by atoms with van der Waals surface area (Å²) in [6.07, 6.45) is 2.08. The Labute approximate surface area is 119 Å². The van der Waals surface area contributed by atoms with E-state index in [1.807, 2.05) is 0 Å². The van der Waals surface area contributed by atoms with E-state index in [4.69, 9.17) is 17.3 Å². The normalized spacial score (nSPS) is 14.3. The fourth-order valence-corrected chi connectivity index (χ4v) is 2.15. The number of aromatic amines is 1. The number of nitrogens with two attached hydrogens (primary N) is 1. The zero-order valence-electron chi connectivity index (χ0n) is 10.4. The van der Waals surface area contributed by atoms with Crippen molar-refractivity contribution in [3.8, 4) is 0 Å². The van der Waals surface area contributed by atoms with Crippen molar-refractivity contribution in [1.82, 2.24) is 10.2 Å². The number of hydrogen-bond donors (Lipinski definition) is 3. The van der Waals surface area contributed by atoms with Crippen LogP contribution in [0.2, 0.25) is 5.02 Å². The van der Waals surface area contributed by atoms with Crippen molar-refractivity contribution < 1.29 is 9.18 Å². The second kappa shape index (κ2) is 4.79. The molecule has 0 spiro atoms. The van der Waals surface area contributed by atoms with Crippen LogP contribution < -0.4 is 11.1 Å². The molecule has 7 heteroatoms. The molecule has 104 valence electrons. The molecule has 1 aromatic carbocycles. The fourth-order valence-electron chi connectivity index (χ4n) is 1.99. The van der Waals surface area contributed by atoms with Gasteiger partial charge >= 0.3 is 0 Å². The molecule has 2 aromatic rings. The first-order valence-corrected chi connectivity index (χ1v) is 6.54. The Morgan fingerprint density at radius 1 is 1.50 bits per heavy atom. The lowest BCUT2D eigenvalue weighted by atomic mass is 10.2. The third kappa shape index (κ3) is 2.34. The van der Waals surface area contributed by atoms with E-state index in [2.05, 4.69) is 15.5 Å². The average molecular weight is 295 g/mol. The smallest absolute Gasteiger partial charge is 0.278 e. The zero-order chi connectivity index (χ0) is 14.3. The maximum Gasteiger partial charge on any atom is 0.278 e. The lowest BCUT2D eigenvalue weighted by Gasteiger charge is -2.05. The molecule has 0 unspecified atom stereocenters. The first-order chi connectivity index (χ1) is 9.56. The highest BCUT2D eigenvalue weighted by Crippen LogP contribution is 2.42. The molecule has 5 nitrogen and oxygen atoms in total. The summed E-state index contributed by atoms with van der Waals surface area (Å²) in [5.74, 6) is -0.800. The van der Waals surface area contributed by atoms with E-state index in [0.29, 0.717) is 11.6 Å². The maximum absolute atomic E-state index is 13.6. The molecule has 0 aliphatic heterocycles. The monoisotopic (exact) mass is 294 g/mol. The van der Waals surface area contributed by atoms with Crippen molar-refractivity contribution in [1.29, 1.82) is 0 Å². The minimum absolute atomic E-state index is 0.0368. The van der Waals surface area contributed by atoms with Gasteiger partial charge in [0.25, 0.3) is 5.91 Å². The van der Waals surface area contributed by atoms with E-state index >= 15 is 0 Å². The Bertz CT molecular complexity index is 681. The Hall–Kier alpha value is -2.08. The van der Waals surface area contributed by atoms with Gasteiger partial charge in [0, 0.05) is 10.9 Å². The number of hydrogen-bond acceptors (Lipinski definition) is 3. The molecule has 0 saturated heterocycles. The first kappa shape index (κ1) is 12.9. The predicted octanol–water partition coefficient (Wildman–Crippen LogP) is 2.91. The number of amides is 1. The van der Waals surface area contributed by atoms with E-state index < -0.39 is 11.7 Å². The van der Waals surface area contributed by atoms with Gasteiger partial charge in [0.15, 0.2) is 5.69 Å². The minimum Gasteiger partial charge on any atom is -0.395 e. The average Bonchev–Trinajstić information content (AvgIpc) is 3.16. The number of halogens is 2. The van der Waals surface area contributed by atoms with E-state index in [1.165, 1.54) is 12.1 Å². The maximum atomic E-state index is 13.6. The zero-order valence-corrected chi connectivity index (χ0v) is 11.2. The van der Waals surface area contributed by atoms with Crippen LogP contribution >= 0.6 is 11.6 Å². The molecule has 1 aromatic heterocycles. The second-order valence-corrected chi connectivity index (χ2v) is 5.19. The quantitative estimate of drug-likeness (QED) is 0.814. The summed E-state index contributed by atoms with van der Waals surface area (Å²) in [5.41, 5.74) is 7.13. The number of carbonyl (C=O) groups is 1. The van der Waals surface area contributed by atoms with Gasteiger partial charge in [-0.1, -0.05) is 11.6 Å². The van der Waals surface area contributed by atoms with E-state index in [1.54, 1.807) is 0 Å². The Morgan fingerprint density at radius 2 is 2.25 bits per heavy atom. The van der Waals surface area contributed by atoms with Crippen molar-refractivity contribution in [3.05, 3.63) is 40.4 Å². The lowest BCUT2D eigenvalue weighted by Crippen LogP contribution is -2.15. The van der Waals surface area contributed by atoms with Gasteiger partial charge < -0.3 is 11.1 Å². The topological polar surface area (TPSA) is 83.8 Å². The molecular formula is C13H12ClFN4O. The van der Waals surface area contributed by atoms with Crippen LogP contribution in [0.1, 0.15) is 34.9 Å². The predicted molar refractivity (Wildman–Crippen MR) is 74.3 cm³/mol. The second-order valence-electron chi connectivity index (χ2n) is 4.75. The van der Waals surface area contributed by atoms with E-state index in [0.717, 1.165) is 24.6 Å². The molecule has 1 saturated carbocycles. The molecule has 1 aliphatic carbocycles. The molecule has 1 amide bonds. The number of aromatic nitrogens is 2. The summed E-state index contributed by atoms with van der Waals surface area (Å²) in [7, 11) is 0. The number of nitrogen functional groups attached to an aromatic ring is 1. The largest absolute Gasteiger partial charge is 0.395 e. The summed E-state index contributed by atoms with van der Waals surface area (Å²) in [6, 6.07) is 4.00. The van der Waals surface area contributed by atoms with Crippen molar-refractivity contribution in [3.63, 3.8) is 0 Å². The molecule has 0 bridgehead atoms. The summed E-state index contributed by atoms with van der Waals surface area (Å²) >= 11 is 5.65. The van der Waals surface area contributed by atoms with Crippen LogP contribution in [-0.2, 0) is 0 Å². The van der Waals surface area contributed by atoms with Crippen LogP contribution in [0.5, 0.6) is 0 Å². The molecule has 1 heterocycles. The van der Waals surface area contributed by atoms with E-state index in [-0.39, 0.29) is 16.4 Å². The third-order valence-electron chi connectivity index (χ3n) is 3.21. The highest BCUT2D eigenvalue weighted by molar-refractivity contribution is 6.30. The third-order valence-corrected chi connectivity index (χ3v) is 3.45. The highest BCUT2D eigenvalue weighted by atomic mass is 35.5. The molecule has 3 rings (SSSR count). The number of rotatable bonds is 3. The van der Waals surface area contributed by atoms with Crippen LogP contribution in [0, 0.1) is 5.82 Å². The van der Waals surface area contributed by atoms with Crippen molar-refractivity contribution in [2.45, 2.75) is 18.8 Å². The molecule has 1 aliphatic rings. The van der Waals surface area contributed by atoms with Crippen molar-refractivity contribution in [2.75, 3.05) is 11.1 Å². The number of nitrogens with one attached hydrogen (secondary N) is 2. The molecule has 20 heavy (non-hydrogen) atoms. The number of H-pyrrole nitrogens is 1. The summed E-state index contributed by atoms with van der Waals surface area (Å²) < 4.78 is 13.6. The molecule has 1 fully saturated rings. The summed E-state index contributed by atoms with van der Waals surface area (Å²) in [5, 5.41) is 9.38. The Balaban J connectivity index is 1.82. The van der Waals surface area contributed by atoms with Crippen LogP contribution in [0.25, 0.3) is 0 Å². The molecule has 0 radical (unpaired) electrons. The van der Waals surface area contributed by atoms with Crippen LogP contribution in [0.15, 0.2) is 18.2 Å². The lowest BCUT2D eigenvalue weighted by molar-refractivity contribution is 0.102. The van der Waals surface area contributed by atoms with Gasteiger partial charge in [-0.2, -0.15) is 5.10 Å². The number of carbonyl (C=O) groups excluding carboxylic acids is 1. The summed E-state index contributed by atoms with van der Waals surface area (Å²) in [6.45, 7) is 0. The Kier molecular flexibility index (Phi) is 3.10. The van der Waals surface area contributed by atoms with Gasteiger partial charge in [-0.15, -0.1) is 0 Å². The number of anilines is 2. The Morgan fingerprint density at radius 3 is 2.90 bits per heavy atom. The number of nitrogens with zero attached hydrogens (tertiary/aromatic N) is 1. The molecule has 0 atom stereocenters. The van der Waals surface area contributed by atoms with Crippen LogP contribution in [0.3, 0.4) is 0 Å². The van der Waals surface area contributed by atoms with Gasteiger partial charge in [0.2, 0.25) is 0 Å². The highest BCUT2D eigenvalue weighted by Gasteiger charge is 2.30. The van der Waals surface area contributed by atoms with Crippen molar-refractivity contribution in [2.24, 2.45) is 0 Å². The van der Waals surface area contributed by atoms with Gasteiger partial charge in [-0.05, 0) is 31.0 Å². The summed E-state index contributed by atoms with van der Waals surface area (Å²) in [4.78, 5) is 12.1. The van der Waals surface area contributed by atoms with Gasteiger partial charge in [0.1, 0.15) is 5.82 Å². The van der Waals surface area contributed by atoms with Gasteiger partial charge in [-0.3, -0.25) is 9.89 Å². The minimum atomic E-state index is -0.609. The van der Waals surface area contributed by atoms with E-state index in [9.17, 15) is 9.18 Å². The fraction of sp³-hybridized carbons (Fsp3) is 0.231.